The molecule has 3 aromatic rings. The zero-order chi connectivity index (χ0) is 20.2. The summed E-state index contributed by atoms with van der Waals surface area (Å²) in [6, 6.07) is 23.4. The molecule has 0 spiro atoms. The maximum atomic E-state index is 12.3. The lowest BCUT2D eigenvalue weighted by Crippen LogP contribution is -2.05. The molecule has 0 saturated heterocycles. The Balaban J connectivity index is 1.56. The predicted octanol–water partition coefficient (Wildman–Crippen LogP) is 5.82. The molecule has 0 aliphatic carbocycles. The van der Waals surface area contributed by atoms with Crippen molar-refractivity contribution in [2.45, 2.75) is 6.61 Å². The second kappa shape index (κ2) is 9.08. The fourth-order valence-electron chi connectivity index (χ4n) is 2.75. The highest BCUT2D eigenvalue weighted by atomic mass is 127. The summed E-state index contributed by atoms with van der Waals surface area (Å²) in [7, 11) is 0. The summed E-state index contributed by atoms with van der Waals surface area (Å²) in [5, 5.41) is 0. The number of para-hydroxylation sites is 1. The van der Waals surface area contributed by atoms with E-state index in [0.717, 1.165) is 20.3 Å². The second-order valence-corrected chi connectivity index (χ2v) is 8.79. The summed E-state index contributed by atoms with van der Waals surface area (Å²) >= 11 is 4.50. The Kier molecular flexibility index (Phi) is 6.29. The van der Waals surface area contributed by atoms with Crippen molar-refractivity contribution in [3.05, 3.63) is 102 Å². The average Bonchev–Trinajstić information content (AvgIpc) is 3.09. The summed E-state index contributed by atoms with van der Waals surface area (Å²) in [6.45, 7) is 0.443. The maximum Gasteiger partial charge on any atom is 0.363 e. The first-order valence-corrected chi connectivity index (χ1v) is 11.0. The summed E-state index contributed by atoms with van der Waals surface area (Å²) in [5.41, 5.74) is 2.87. The quantitative estimate of drug-likeness (QED) is 0.209. The number of esters is 1. The fourth-order valence-corrected chi connectivity index (χ4v) is 3.46. The van der Waals surface area contributed by atoms with Crippen molar-refractivity contribution in [1.82, 2.24) is 0 Å². The molecular weight excluding hydrogens is 592 g/mol. The van der Waals surface area contributed by atoms with Crippen LogP contribution >= 0.6 is 45.2 Å². The van der Waals surface area contributed by atoms with Gasteiger partial charge in [0.1, 0.15) is 12.4 Å². The van der Waals surface area contributed by atoms with Crippen molar-refractivity contribution >= 4 is 63.1 Å². The van der Waals surface area contributed by atoms with Crippen LogP contribution in [-0.4, -0.2) is 11.9 Å². The maximum absolute atomic E-state index is 12.3. The molecule has 3 aromatic carbocycles. The smallest absolute Gasteiger partial charge is 0.363 e. The van der Waals surface area contributed by atoms with Crippen LogP contribution in [0.3, 0.4) is 0 Å². The monoisotopic (exact) mass is 607 g/mol. The standard InChI is InChI=1S/C23H15I2NO3/c24-18-9-5-15(6-10-18)14-28-21-4-2-1-3-17(21)13-20-23(27)29-22(26-20)16-7-11-19(25)12-8-16/h1-13H,14H2/b20-13-. The normalized spacial score (nSPS) is 14.6. The van der Waals surface area contributed by atoms with Gasteiger partial charge in [0.15, 0.2) is 5.70 Å². The van der Waals surface area contributed by atoms with Crippen LogP contribution in [0.4, 0.5) is 0 Å². The zero-order valence-electron chi connectivity index (χ0n) is 15.1. The van der Waals surface area contributed by atoms with Crippen LogP contribution in [0.25, 0.3) is 6.08 Å². The number of hydrogen-bond acceptors (Lipinski definition) is 4. The van der Waals surface area contributed by atoms with Gasteiger partial charge in [-0.2, -0.15) is 0 Å². The first kappa shape index (κ1) is 20.1. The van der Waals surface area contributed by atoms with Crippen molar-refractivity contribution in [3.63, 3.8) is 0 Å². The number of ether oxygens (including phenoxy) is 2. The third kappa shape index (κ3) is 5.05. The predicted molar refractivity (Wildman–Crippen MR) is 130 cm³/mol. The highest BCUT2D eigenvalue weighted by Gasteiger charge is 2.24. The first-order valence-electron chi connectivity index (χ1n) is 8.83. The van der Waals surface area contributed by atoms with E-state index >= 15 is 0 Å². The topological polar surface area (TPSA) is 47.9 Å². The molecule has 1 aliphatic heterocycles. The van der Waals surface area contributed by atoms with E-state index in [-0.39, 0.29) is 5.70 Å². The molecule has 4 nitrogen and oxygen atoms in total. The van der Waals surface area contributed by atoms with Crippen molar-refractivity contribution in [3.8, 4) is 5.75 Å². The molecule has 4 rings (SSSR count). The van der Waals surface area contributed by atoms with Crippen LogP contribution < -0.4 is 4.74 Å². The van der Waals surface area contributed by atoms with E-state index in [1.807, 2.05) is 72.8 Å². The minimum Gasteiger partial charge on any atom is -0.488 e. The minimum absolute atomic E-state index is 0.254. The lowest BCUT2D eigenvalue weighted by atomic mass is 10.1. The van der Waals surface area contributed by atoms with Gasteiger partial charge in [-0.05, 0) is 99.3 Å². The Bertz CT molecular complexity index is 1100. The molecule has 0 atom stereocenters. The summed E-state index contributed by atoms with van der Waals surface area (Å²) in [4.78, 5) is 16.7. The number of cyclic esters (lactones) is 1. The molecule has 0 N–H and O–H groups in total. The van der Waals surface area contributed by atoms with Gasteiger partial charge in [-0.1, -0.05) is 30.3 Å². The molecule has 0 aromatic heterocycles. The number of carbonyl (C=O) groups is 1. The Labute approximate surface area is 195 Å². The highest BCUT2D eigenvalue weighted by molar-refractivity contribution is 14.1. The largest absolute Gasteiger partial charge is 0.488 e. The van der Waals surface area contributed by atoms with Crippen LogP contribution in [0.15, 0.2) is 83.5 Å². The number of halogens is 2. The molecule has 6 heteroatoms. The number of nitrogens with zero attached hydrogens (tertiary/aromatic N) is 1. The molecule has 0 unspecified atom stereocenters. The van der Waals surface area contributed by atoms with E-state index < -0.39 is 5.97 Å². The van der Waals surface area contributed by atoms with E-state index in [4.69, 9.17) is 9.47 Å². The summed E-state index contributed by atoms with van der Waals surface area (Å²) in [5.74, 6) is 0.533. The van der Waals surface area contributed by atoms with Crippen LogP contribution in [0.5, 0.6) is 5.75 Å². The van der Waals surface area contributed by atoms with Crippen LogP contribution in [0, 0.1) is 7.14 Å². The Morgan fingerprint density at radius 3 is 2.28 bits per heavy atom. The molecule has 1 heterocycles. The SMILES string of the molecule is O=C1OC(c2ccc(I)cc2)=N/C1=C\c1ccccc1OCc1ccc(I)cc1. The van der Waals surface area contributed by atoms with Gasteiger partial charge in [0.05, 0.1) is 0 Å². The third-order valence-electron chi connectivity index (χ3n) is 4.23. The van der Waals surface area contributed by atoms with Crippen molar-refractivity contribution < 1.29 is 14.3 Å². The van der Waals surface area contributed by atoms with E-state index in [9.17, 15) is 4.79 Å². The van der Waals surface area contributed by atoms with Gasteiger partial charge < -0.3 is 9.47 Å². The molecular formula is C23H15I2NO3. The Morgan fingerprint density at radius 2 is 1.55 bits per heavy atom. The van der Waals surface area contributed by atoms with Gasteiger partial charge in [-0.25, -0.2) is 9.79 Å². The number of hydrogen-bond donors (Lipinski definition) is 0. The minimum atomic E-state index is -0.467. The van der Waals surface area contributed by atoms with Gasteiger partial charge in [0.2, 0.25) is 5.90 Å². The van der Waals surface area contributed by atoms with E-state index in [1.54, 1.807) is 6.08 Å². The number of carbonyl (C=O) groups excluding carboxylic acids is 1. The van der Waals surface area contributed by atoms with Gasteiger partial charge >= 0.3 is 5.97 Å². The Morgan fingerprint density at radius 1 is 0.897 bits per heavy atom. The van der Waals surface area contributed by atoms with Crippen LogP contribution in [0.2, 0.25) is 0 Å². The van der Waals surface area contributed by atoms with Crippen LogP contribution in [0.1, 0.15) is 16.7 Å². The fraction of sp³-hybridized carbons (Fsp3) is 0.0435. The van der Waals surface area contributed by atoms with Crippen molar-refractivity contribution in [2.75, 3.05) is 0 Å². The van der Waals surface area contributed by atoms with Crippen molar-refractivity contribution in [1.29, 1.82) is 0 Å². The molecule has 144 valence electrons. The third-order valence-corrected chi connectivity index (χ3v) is 5.67. The highest BCUT2D eigenvalue weighted by Crippen LogP contribution is 2.25. The van der Waals surface area contributed by atoms with E-state index in [2.05, 4.69) is 50.2 Å². The number of benzene rings is 3. The van der Waals surface area contributed by atoms with Crippen molar-refractivity contribution in [2.24, 2.45) is 4.99 Å². The lowest BCUT2D eigenvalue weighted by Gasteiger charge is -2.09. The van der Waals surface area contributed by atoms with E-state index in [1.165, 1.54) is 3.57 Å². The second-order valence-electron chi connectivity index (χ2n) is 6.30. The van der Waals surface area contributed by atoms with E-state index in [0.29, 0.717) is 18.3 Å². The molecule has 0 radical (unpaired) electrons. The zero-order valence-corrected chi connectivity index (χ0v) is 19.5. The van der Waals surface area contributed by atoms with Gasteiger partial charge in [0.25, 0.3) is 0 Å². The average molecular weight is 607 g/mol. The molecule has 0 saturated carbocycles. The number of aliphatic imine (C=N–C) groups is 1. The van der Waals surface area contributed by atoms with Gasteiger partial charge in [-0.15, -0.1) is 0 Å². The summed E-state index contributed by atoms with van der Waals surface area (Å²) < 4.78 is 13.6. The first-order chi connectivity index (χ1) is 14.1. The molecule has 29 heavy (non-hydrogen) atoms. The van der Waals surface area contributed by atoms with Gasteiger partial charge in [0, 0.05) is 18.3 Å². The number of rotatable bonds is 5. The molecule has 0 bridgehead atoms. The van der Waals surface area contributed by atoms with Crippen LogP contribution in [-0.2, 0) is 16.1 Å². The lowest BCUT2D eigenvalue weighted by molar-refractivity contribution is -0.129. The summed E-state index contributed by atoms with van der Waals surface area (Å²) in [6.07, 6.45) is 1.70. The molecule has 0 fully saturated rings. The molecule has 0 amide bonds. The van der Waals surface area contributed by atoms with Gasteiger partial charge in [-0.3, -0.25) is 0 Å². The Hall–Kier alpha value is -2.20. The molecule has 1 aliphatic rings.